The zero-order chi connectivity index (χ0) is 21.8. The molecule has 2 atom stereocenters. The lowest BCUT2D eigenvalue weighted by Crippen LogP contribution is -2.41. The van der Waals surface area contributed by atoms with Crippen molar-refractivity contribution in [3.63, 3.8) is 0 Å². The van der Waals surface area contributed by atoms with Crippen LogP contribution in [0.3, 0.4) is 0 Å². The summed E-state index contributed by atoms with van der Waals surface area (Å²) in [5, 5.41) is -0.223. The normalized spacial score (nSPS) is 22.1. The Hall–Kier alpha value is -2.46. The van der Waals surface area contributed by atoms with Crippen molar-refractivity contribution < 1.29 is 23.5 Å². The van der Waals surface area contributed by atoms with Gasteiger partial charge in [0.1, 0.15) is 17.6 Å². The summed E-state index contributed by atoms with van der Waals surface area (Å²) in [4.78, 5) is 52.4. The molecule has 2 unspecified atom stereocenters. The lowest BCUT2D eigenvalue weighted by molar-refractivity contribution is -0.144. The minimum atomic E-state index is -0.795. The van der Waals surface area contributed by atoms with Crippen LogP contribution >= 0.6 is 23.1 Å². The molecule has 2 aromatic rings. The van der Waals surface area contributed by atoms with Crippen LogP contribution in [0.5, 0.6) is 0 Å². The van der Waals surface area contributed by atoms with Gasteiger partial charge in [0.2, 0.25) is 11.8 Å². The number of hydrogen-bond acceptors (Lipinski definition) is 7. The number of esters is 1. The van der Waals surface area contributed by atoms with Crippen LogP contribution in [0.2, 0.25) is 0 Å². The number of nitrogens with zero attached hydrogens (tertiary/aromatic N) is 2. The van der Waals surface area contributed by atoms with E-state index < -0.39 is 34.3 Å². The number of anilines is 1. The molecular formula is C20H19FN2O5S2. The Kier molecular flexibility index (Phi) is 5.09. The van der Waals surface area contributed by atoms with E-state index in [0.29, 0.717) is 15.6 Å². The van der Waals surface area contributed by atoms with Crippen molar-refractivity contribution in [2.75, 3.05) is 11.5 Å². The molecule has 2 amide bonds. The Bertz CT molecular complexity index is 1110. The van der Waals surface area contributed by atoms with Crippen molar-refractivity contribution in [1.82, 2.24) is 4.57 Å². The van der Waals surface area contributed by atoms with Crippen molar-refractivity contribution in [1.29, 1.82) is 0 Å². The van der Waals surface area contributed by atoms with Crippen LogP contribution in [0.1, 0.15) is 25.6 Å². The van der Waals surface area contributed by atoms with Crippen LogP contribution < -0.4 is 9.77 Å². The van der Waals surface area contributed by atoms with E-state index in [0.717, 1.165) is 28.0 Å². The highest BCUT2D eigenvalue weighted by atomic mass is 32.2. The Morgan fingerprint density at radius 2 is 1.83 bits per heavy atom. The van der Waals surface area contributed by atoms with Gasteiger partial charge in [0.05, 0.1) is 23.2 Å². The molecule has 3 heterocycles. The highest BCUT2D eigenvalue weighted by Gasteiger charge is 2.59. The highest BCUT2D eigenvalue weighted by molar-refractivity contribution is 8.00. The van der Waals surface area contributed by atoms with Gasteiger partial charge in [-0.05, 0) is 31.2 Å². The molecule has 7 nitrogen and oxygen atoms in total. The molecule has 10 heteroatoms. The number of hydrogen-bond donors (Lipinski definition) is 0. The van der Waals surface area contributed by atoms with Gasteiger partial charge in [-0.3, -0.25) is 23.7 Å². The average molecular weight is 451 g/mol. The molecule has 2 aliphatic rings. The molecule has 0 spiro atoms. The fourth-order valence-corrected chi connectivity index (χ4v) is 6.99. The van der Waals surface area contributed by atoms with Crippen molar-refractivity contribution in [2.24, 2.45) is 5.92 Å². The van der Waals surface area contributed by atoms with Crippen LogP contribution in [-0.4, -0.2) is 34.2 Å². The van der Waals surface area contributed by atoms with Crippen LogP contribution in [0.4, 0.5) is 10.1 Å². The topological polar surface area (TPSA) is 85.7 Å². The Morgan fingerprint density at radius 1 is 1.17 bits per heavy atom. The fourth-order valence-electron chi connectivity index (χ4n) is 3.95. The maximum atomic E-state index is 13.3. The summed E-state index contributed by atoms with van der Waals surface area (Å²) >= 11 is 2.11. The number of amides is 2. The van der Waals surface area contributed by atoms with Crippen LogP contribution in [-0.2, 0) is 31.1 Å². The summed E-state index contributed by atoms with van der Waals surface area (Å²) in [5.41, 5.74) is -0.485. The average Bonchev–Trinajstić information content (AvgIpc) is 3.12. The summed E-state index contributed by atoms with van der Waals surface area (Å²) in [6, 6.07) is 5.19. The second-order valence-electron chi connectivity index (χ2n) is 7.62. The zero-order valence-corrected chi connectivity index (χ0v) is 18.1. The first-order chi connectivity index (χ1) is 14.2. The molecule has 0 saturated carbocycles. The summed E-state index contributed by atoms with van der Waals surface area (Å²) < 4.78 is 19.6. The quantitative estimate of drug-likeness (QED) is 0.526. The van der Waals surface area contributed by atoms with Crippen molar-refractivity contribution in [3.8, 4) is 0 Å². The van der Waals surface area contributed by atoms with Gasteiger partial charge in [-0.25, -0.2) is 9.29 Å². The van der Waals surface area contributed by atoms with Gasteiger partial charge in [-0.15, -0.1) is 0 Å². The van der Waals surface area contributed by atoms with E-state index in [1.165, 1.54) is 28.8 Å². The molecule has 1 fully saturated rings. The van der Waals surface area contributed by atoms with Crippen LogP contribution in [0, 0.1) is 11.7 Å². The second-order valence-corrected chi connectivity index (χ2v) is 9.71. The van der Waals surface area contributed by atoms with Gasteiger partial charge in [0.15, 0.2) is 0 Å². The first kappa shape index (κ1) is 20.8. The Morgan fingerprint density at radius 3 is 2.47 bits per heavy atom. The van der Waals surface area contributed by atoms with Crippen molar-refractivity contribution in [3.05, 3.63) is 44.6 Å². The summed E-state index contributed by atoms with van der Waals surface area (Å²) in [6.45, 7) is 5.28. The third-order valence-corrected chi connectivity index (χ3v) is 8.20. The predicted molar refractivity (Wildman–Crippen MR) is 110 cm³/mol. The minimum Gasteiger partial charge on any atom is -0.465 e. The molecule has 1 saturated heterocycles. The highest BCUT2D eigenvalue weighted by Crippen LogP contribution is 2.54. The molecule has 0 bridgehead atoms. The Labute approximate surface area is 179 Å². The first-order valence-electron chi connectivity index (χ1n) is 9.36. The molecule has 158 valence electrons. The first-order valence-corrected chi connectivity index (χ1v) is 11.1. The number of rotatable bonds is 4. The number of benzene rings is 1. The smallest absolute Gasteiger partial charge is 0.326 e. The maximum Gasteiger partial charge on any atom is 0.326 e. The van der Waals surface area contributed by atoms with E-state index in [4.69, 9.17) is 4.74 Å². The van der Waals surface area contributed by atoms with Crippen LogP contribution in [0.15, 0.2) is 34.1 Å². The van der Waals surface area contributed by atoms with Gasteiger partial charge >= 0.3 is 10.8 Å². The van der Waals surface area contributed by atoms with E-state index in [9.17, 15) is 23.6 Å². The number of carbonyl (C=O) groups excluding carboxylic acids is 3. The SMILES string of the molecule is CCOC(=O)Cn1c2c(sc1=O)C(C)(C)C1C(=O)N(c3ccc(F)cc3)C(=O)C1S2. The lowest BCUT2D eigenvalue weighted by Gasteiger charge is -2.36. The molecule has 0 N–H and O–H groups in total. The number of carbonyl (C=O) groups is 3. The van der Waals surface area contributed by atoms with Gasteiger partial charge in [-0.1, -0.05) is 36.9 Å². The minimum absolute atomic E-state index is 0.197. The third kappa shape index (κ3) is 3.09. The Balaban J connectivity index is 1.75. The standard InChI is InChI=1S/C20H19FN2O5S2/c1-4-28-12(24)9-22-18-15(30-19(22)27)20(2,3)13-14(29-18)17(26)23(16(13)25)11-7-5-10(21)6-8-11/h5-8,13-14H,4,9H2,1-3H3. The lowest BCUT2D eigenvalue weighted by atomic mass is 9.76. The van der Waals surface area contributed by atoms with E-state index in [-0.39, 0.29) is 23.9 Å². The third-order valence-electron chi connectivity index (χ3n) is 5.38. The molecule has 1 aromatic heterocycles. The van der Waals surface area contributed by atoms with Crippen LogP contribution in [0.25, 0.3) is 0 Å². The molecule has 0 aliphatic carbocycles. The summed E-state index contributed by atoms with van der Waals surface area (Å²) in [5.74, 6) is -2.47. The fraction of sp³-hybridized carbons (Fsp3) is 0.400. The van der Waals surface area contributed by atoms with Gasteiger partial charge in [0.25, 0.3) is 0 Å². The molecule has 1 aromatic carbocycles. The van der Waals surface area contributed by atoms with E-state index in [2.05, 4.69) is 0 Å². The molecule has 30 heavy (non-hydrogen) atoms. The van der Waals surface area contributed by atoms with E-state index in [1.807, 2.05) is 13.8 Å². The van der Waals surface area contributed by atoms with E-state index in [1.54, 1.807) is 6.92 Å². The summed E-state index contributed by atoms with van der Waals surface area (Å²) in [6.07, 6.45) is 0. The van der Waals surface area contributed by atoms with Crippen molar-refractivity contribution in [2.45, 2.75) is 43.0 Å². The maximum absolute atomic E-state index is 13.3. The monoisotopic (exact) mass is 450 g/mol. The second kappa shape index (κ2) is 7.35. The van der Waals surface area contributed by atoms with Gasteiger partial charge in [0, 0.05) is 10.3 Å². The van der Waals surface area contributed by atoms with Crippen molar-refractivity contribution >= 4 is 46.6 Å². The molecular weight excluding hydrogens is 431 g/mol. The number of fused-ring (bicyclic) bond motifs is 2. The molecule has 0 radical (unpaired) electrons. The number of imide groups is 1. The number of thiazole rings is 1. The van der Waals surface area contributed by atoms with Gasteiger partial charge in [-0.2, -0.15) is 0 Å². The predicted octanol–water partition coefficient (Wildman–Crippen LogP) is 2.55. The number of halogens is 1. The summed E-state index contributed by atoms with van der Waals surface area (Å²) in [7, 11) is 0. The van der Waals surface area contributed by atoms with Gasteiger partial charge < -0.3 is 4.74 Å². The largest absolute Gasteiger partial charge is 0.465 e. The molecule has 2 aliphatic heterocycles. The molecule has 4 rings (SSSR count). The van der Waals surface area contributed by atoms with E-state index >= 15 is 0 Å². The number of thioether (sulfide) groups is 1. The number of ether oxygens (including phenoxy) is 1. The number of aromatic nitrogens is 1. The zero-order valence-electron chi connectivity index (χ0n) is 16.5.